The van der Waals surface area contributed by atoms with Crippen LogP contribution in [0.4, 0.5) is 0 Å². The third-order valence-electron chi connectivity index (χ3n) is 3.12. The third kappa shape index (κ3) is 4.63. The fraction of sp³-hybridized carbons (Fsp3) is 1.00. The number of nitrogens with two attached hydrogens (primary N) is 1. The summed E-state index contributed by atoms with van der Waals surface area (Å²) in [4.78, 5) is 0. The molecule has 1 aliphatic carbocycles. The smallest absolute Gasteiger partial charge is 0.00205 e. The van der Waals surface area contributed by atoms with Gasteiger partial charge in [-0.15, -0.1) is 0 Å². The van der Waals surface area contributed by atoms with E-state index in [1.54, 1.807) is 0 Å². The molecule has 0 aliphatic heterocycles. The molecule has 0 radical (unpaired) electrons. The van der Waals surface area contributed by atoms with Crippen molar-refractivity contribution in [3.05, 3.63) is 0 Å². The number of rotatable bonds is 6. The Bertz CT molecular complexity index is 119. The van der Waals surface area contributed by atoms with Crippen LogP contribution in [0.3, 0.4) is 0 Å². The van der Waals surface area contributed by atoms with Crippen LogP contribution < -0.4 is 11.1 Å². The number of nitrogens with one attached hydrogen (secondary N) is 1. The van der Waals surface area contributed by atoms with Crippen molar-refractivity contribution in [1.29, 1.82) is 0 Å². The second-order valence-corrected chi connectivity index (χ2v) is 4.48. The molecule has 1 aliphatic rings. The molecule has 0 heterocycles. The lowest BCUT2D eigenvalue weighted by Crippen LogP contribution is -2.25. The molecular weight excluding hydrogens is 160 g/mol. The Balaban J connectivity index is 1.88. The number of hydrogen-bond acceptors (Lipinski definition) is 2. The van der Waals surface area contributed by atoms with Gasteiger partial charge in [-0.1, -0.05) is 19.8 Å². The molecule has 1 rings (SSSR count). The van der Waals surface area contributed by atoms with Crippen molar-refractivity contribution in [2.75, 3.05) is 19.6 Å². The molecule has 0 aromatic rings. The summed E-state index contributed by atoms with van der Waals surface area (Å²) in [6.45, 7) is 5.43. The van der Waals surface area contributed by atoms with Crippen LogP contribution in [0.1, 0.15) is 39.0 Å². The Morgan fingerprint density at radius 3 is 2.69 bits per heavy atom. The topological polar surface area (TPSA) is 38.0 Å². The molecule has 2 nitrogen and oxygen atoms in total. The lowest BCUT2D eigenvalue weighted by Gasteiger charge is -2.12. The summed E-state index contributed by atoms with van der Waals surface area (Å²) in [7, 11) is 0. The van der Waals surface area contributed by atoms with E-state index in [4.69, 9.17) is 5.73 Å². The molecule has 0 amide bonds. The second kappa shape index (κ2) is 6.39. The van der Waals surface area contributed by atoms with E-state index < -0.39 is 0 Å². The molecule has 1 saturated carbocycles. The van der Waals surface area contributed by atoms with E-state index in [2.05, 4.69) is 12.2 Å². The van der Waals surface area contributed by atoms with Crippen LogP contribution in [0.5, 0.6) is 0 Å². The normalized spacial score (nSPS) is 20.8. The SMILES string of the molecule is CC(CN)CCNCC1CCCC1. The van der Waals surface area contributed by atoms with Crippen LogP contribution in [0.15, 0.2) is 0 Å². The minimum atomic E-state index is 0.677. The summed E-state index contributed by atoms with van der Waals surface area (Å²) in [5.41, 5.74) is 5.55. The van der Waals surface area contributed by atoms with Crippen LogP contribution in [0.25, 0.3) is 0 Å². The zero-order valence-electron chi connectivity index (χ0n) is 8.89. The zero-order chi connectivity index (χ0) is 9.52. The van der Waals surface area contributed by atoms with Crippen LogP contribution in [-0.2, 0) is 0 Å². The predicted molar refractivity (Wildman–Crippen MR) is 57.7 cm³/mol. The molecule has 13 heavy (non-hydrogen) atoms. The molecule has 1 unspecified atom stereocenters. The van der Waals surface area contributed by atoms with Gasteiger partial charge < -0.3 is 11.1 Å². The quantitative estimate of drug-likeness (QED) is 0.617. The minimum Gasteiger partial charge on any atom is -0.330 e. The van der Waals surface area contributed by atoms with Gasteiger partial charge >= 0.3 is 0 Å². The van der Waals surface area contributed by atoms with E-state index in [0.717, 1.165) is 19.0 Å². The van der Waals surface area contributed by atoms with Crippen molar-refractivity contribution in [2.45, 2.75) is 39.0 Å². The first-order chi connectivity index (χ1) is 6.33. The number of hydrogen-bond donors (Lipinski definition) is 2. The van der Waals surface area contributed by atoms with Crippen molar-refractivity contribution in [3.8, 4) is 0 Å². The van der Waals surface area contributed by atoms with Crippen LogP contribution >= 0.6 is 0 Å². The van der Waals surface area contributed by atoms with E-state index in [1.165, 1.54) is 38.6 Å². The molecule has 0 aromatic carbocycles. The molecule has 78 valence electrons. The molecule has 1 atom stereocenters. The van der Waals surface area contributed by atoms with Gasteiger partial charge in [0, 0.05) is 0 Å². The summed E-state index contributed by atoms with van der Waals surface area (Å²) in [6.07, 6.45) is 7.01. The zero-order valence-corrected chi connectivity index (χ0v) is 8.89. The van der Waals surface area contributed by atoms with Gasteiger partial charge in [-0.3, -0.25) is 0 Å². The van der Waals surface area contributed by atoms with Gasteiger partial charge in [-0.25, -0.2) is 0 Å². The summed E-state index contributed by atoms with van der Waals surface area (Å²) in [6, 6.07) is 0. The lowest BCUT2D eigenvalue weighted by molar-refractivity contribution is 0.454. The van der Waals surface area contributed by atoms with Gasteiger partial charge in [0.15, 0.2) is 0 Å². The standard InChI is InChI=1S/C11H24N2/c1-10(8-12)6-7-13-9-11-4-2-3-5-11/h10-11,13H,2-9,12H2,1H3. The van der Waals surface area contributed by atoms with Crippen LogP contribution in [-0.4, -0.2) is 19.6 Å². The van der Waals surface area contributed by atoms with Crippen molar-refractivity contribution in [1.82, 2.24) is 5.32 Å². The Kier molecular flexibility index (Phi) is 5.40. The van der Waals surface area contributed by atoms with E-state index in [-0.39, 0.29) is 0 Å². The minimum absolute atomic E-state index is 0.677. The largest absolute Gasteiger partial charge is 0.330 e. The first-order valence-corrected chi connectivity index (χ1v) is 5.73. The summed E-state index contributed by atoms with van der Waals surface area (Å²) < 4.78 is 0. The van der Waals surface area contributed by atoms with Crippen LogP contribution in [0, 0.1) is 11.8 Å². The summed E-state index contributed by atoms with van der Waals surface area (Å²) >= 11 is 0. The fourth-order valence-electron chi connectivity index (χ4n) is 1.99. The highest BCUT2D eigenvalue weighted by Crippen LogP contribution is 2.23. The molecule has 3 N–H and O–H groups in total. The van der Waals surface area contributed by atoms with Gasteiger partial charge in [0.05, 0.1) is 0 Å². The van der Waals surface area contributed by atoms with E-state index in [1.807, 2.05) is 0 Å². The van der Waals surface area contributed by atoms with Gasteiger partial charge in [-0.2, -0.15) is 0 Å². The van der Waals surface area contributed by atoms with Crippen molar-refractivity contribution >= 4 is 0 Å². The monoisotopic (exact) mass is 184 g/mol. The molecule has 0 saturated heterocycles. The third-order valence-corrected chi connectivity index (χ3v) is 3.12. The van der Waals surface area contributed by atoms with Crippen molar-refractivity contribution < 1.29 is 0 Å². The molecule has 0 spiro atoms. The first-order valence-electron chi connectivity index (χ1n) is 5.73. The maximum atomic E-state index is 5.55. The Morgan fingerprint density at radius 1 is 1.38 bits per heavy atom. The Morgan fingerprint density at radius 2 is 2.08 bits per heavy atom. The second-order valence-electron chi connectivity index (χ2n) is 4.48. The average molecular weight is 184 g/mol. The average Bonchev–Trinajstić information content (AvgIpc) is 2.64. The maximum Gasteiger partial charge on any atom is -0.00205 e. The van der Waals surface area contributed by atoms with Gasteiger partial charge in [-0.05, 0) is 50.7 Å². The highest BCUT2D eigenvalue weighted by molar-refractivity contribution is 4.69. The van der Waals surface area contributed by atoms with E-state index >= 15 is 0 Å². The van der Waals surface area contributed by atoms with Crippen molar-refractivity contribution in [3.63, 3.8) is 0 Å². The molecular formula is C11H24N2. The summed E-state index contributed by atoms with van der Waals surface area (Å²) in [5, 5.41) is 3.54. The molecule has 1 fully saturated rings. The highest BCUT2D eigenvalue weighted by atomic mass is 14.9. The maximum absolute atomic E-state index is 5.55. The Labute approximate surface area is 82.3 Å². The summed E-state index contributed by atoms with van der Waals surface area (Å²) in [5.74, 6) is 1.64. The molecule has 0 bridgehead atoms. The first kappa shape index (κ1) is 11.0. The lowest BCUT2D eigenvalue weighted by atomic mass is 10.1. The molecule has 0 aromatic heterocycles. The van der Waals surface area contributed by atoms with Gasteiger partial charge in [0.2, 0.25) is 0 Å². The predicted octanol–water partition coefficient (Wildman–Crippen LogP) is 1.75. The van der Waals surface area contributed by atoms with Gasteiger partial charge in [0.1, 0.15) is 0 Å². The highest BCUT2D eigenvalue weighted by Gasteiger charge is 2.13. The van der Waals surface area contributed by atoms with E-state index in [9.17, 15) is 0 Å². The van der Waals surface area contributed by atoms with E-state index in [0.29, 0.717) is 5.92 Å². The van der Waals surface area contributed by atoms with Gasteiger partial charge in [0.25, 0.3) is 0 Å². The fourth-order valence-corrected chi connectivity index (χ4v) is 1.99. The van der Waals surface area contributed by atoms with Crippen molar-refractivity contribution in [2.24, 2.45) is 17.6 Å². The Hall–Kier alpha value is -0.0800. The van der Waals surface area contributed by atoms with Crippen LogP contribution in [0.2, 0.25) is 0 Å². The molecule has 2 heteroatoms.